The number of nitrogens with zero attached hydrogens (tertiary/aromatic N) is 1. The van der Waals surface area contributed by atoms with Crippen LogP contribution < -0.4 is 31.2 Å². The number of benzene rings is 5. The van der Waals surface area contributed by atoms with Crippen molar-refractivity contribution in [2.75, 3.05) is 7.11 Å². The number of methoxy groups -OCH3 is 1. The average Bonchev–Trinajstić information content (AvgIpc) is 3.07. The molecule has 0 aliphatic carbocycles. The number of hydrogen-bond acceptors (Lipinski definition) is 1. The maximum atomic E-state index is 5.19. The predicted molar refractivity (Wildman–Crippen MR) is 180 cm³/mol. The van der Waals surface area contributed by atoms with Gasteiger partial charge in [0.05, 0.1) is 7.11 Å². The van der Waals surface area contributed by atoms with Gasteiger partial charge in [-0.1, -0.05) is 146 Å². The Morgan fingerprint density at radius 3 is 1.29 bits per heavy atom. The van der Waals surface area contributed by atoms with E-state index in [2.05, 4.69) is 152 Å². The maximum Gasteiger partial charge on any atom is 0.169 e. The van der Waals surface area contributed by atoms with E-state index in [1.54, 1.807) is 7.11 Å². The predicted octanol–water partition coefficient (Wildman–Crippen LogP) is 5.75. The minimum atomic E-state index is -1.22. The largest absolute Gasteiger partial charge is 0.497 e. The van der Waals surface area contributed by atoms with Crippen molar-refractivity contribution in [2.24, 2.45) is 7.05 Å². The molecule has 0 saturated heterocycles. The molecule has 0 aliphatic heterocycles. The minimum Gasteiger partial charge on any atom is -0.497 e. The molecule has 2 nitrogen and oxygen atoms in total. The van der Waals surface area contributed by atoms with E-state index < -0.39 is 6.15 Å². The molecule has 0 atom stereocenters. The Kier molecular flexibility index (Phi) is 9.44. The van der Waals surface area contributed by atoms with Gasteiger partial charge in [-0.25, -0.2) is 4.57 Å². The highest BCUT2D eigenvalue weighted by Crippen LogP contribution is 2.15. The molecule has 0 radical (unpaired) electrons. The molecular weight excluding hydrogens is 509 g/mol. The van der Waals surface area contributed by atoms with Gasteiger partial charge >= 0.3 is 0 Å². The highest BCUT2D eigenvalue weighted by molar-refractivity contribution is 7.19. The molecule has 0 saturated carbocycles. The Balaban J connectivity index is 0.000000181. The Labute approximate surface area is 250 Å². The van der Waals surface area contributed by atoms with Crippen molar-refractivity contribution in [3.8, 4) is 5.75 Å². The van der Waals surface area contributed by atoms with E-state index in [1.807, 2.05) is 42.2 Å². The first-order valence-electron chi connectivity index (χ1n) is 14.3. The van der Waals surface area contributed by atoms with Crippen LogP contribution in [0.5, 0.6) is 5.75 Å². The van der Waals surface area contributed by atoms with Crippen LogP contribution in [0.3, 0.4) is 0 Å². The quantitative estimate of drug-likeness (QED) is 0.184. The van der Waals surface area contributed by atoms with E-state index >= 15 is 0 Å². The highest BCUT2D eigenvalue weighted by atomic mass is 16.5. The number of aromatic nitrogens is 1. The molecular formula is C39H36BNO. The second kappa shape index (κ2) is 14.0. The Morgan fingerprint density at radius 1 is 0.476 bits per heavy atom. The van der Waals surface area contributed by atoms with E-state index in [-0.39, 0.29) is 0 Å². The van der Waals surface area contributed by atoms with Crippen LogP contribution in [0.15, 0.2) is 170 Å². The first kappa shape index (κ1) is 28.4. The average molecular weight is 546 g/mol. The Bertz CT molecular complexity index is 1520. The molecule has 0 fully saturated rings. The number of aryl methyl sites for hydroxylation is 1. The van der Waals surface area contributed by atoms with Crippen LogP contribution in [0.4, 0.5) is 0 Å². The summed E-state index contributed by atoms with van der Waals surface area (Å²) >= 11 is 0. The summed E-state index contributed by atoms with van der Waals surface area (Å²) in [5.74, 6) is 0.881. The maximum absolute atomic E-state index is 5.19. The SMILES string of the molecule is COc1cccc(/C=C/c2cc[n+](C)cc2)c1.c1ccc([B-](c2ccccc2)(c2ccccc2)c2ccccc2)cc1. The summed E-state index contributed by atoms with van der Waals surface area (Å²) in [7, 11) is 3.69. The van der Waals surface area contributed by atoms with Crippen molar-refractivity contribution < 1.29 is 9.30 Å². The van der Waals surface area contributed by atoms with E-state index in [0.29, 0.717) is 0 Å². The molecule has 5 aromatic carbocycles. The molecule has 0 unspecified atom stereocenters. The molecule has 1 aromatic heterocycles. The molecule has 6 rings (SSSR count). The third-order valence-corrected chi connectivity index (χ3v) is 7.76. The smallest absolute Gasteiger partial charge is 0.169 e. The van der Waals surface area contributed by atoms with Gasteiger partial charge in [-0.2, -0.15) is 21.9 Å². The lowest BCUT2D eigenvalue weighted by atomic mass is 9.13. The number of pyridine rings is 1. The molecule has 0 N–H and O–H groups in total. The first-order chi connectivity index (χ1) is 20.7. The topological polar surface area (TPSA) is 13.1 Å². The first-order valence-corrected chi connectivity index (χ1v) is 14.3. The van der Waals surface area contributed by atoms with Gasteiger partial charge in [0.2, 0.25) is 0 Å². The van der Waals surface area contributed by atoms with Crippen LogP contribution in [0.2, 0.25) is 0 Å². The molecule has 42 heavy (non-hydrogen) atoms. The second-order valence-corrected chi connectivity index (χ2v) is 10.4. The summed E-state index contributed by atoms with van der Waals surface area (Å²) in [5.41, 5.74) is 7.68. The zero-order valence-electron chi connectivity index (χ0n) is 24.3. The van der Waals surface area contributed by atoms with Crippen molar-refractivity contribution in [2.45, 2.75) is 0 Å². The molecule has 1 heterocycles. The van der Waals surface area contributed by atoms with Gasteiger partial charge < -0.3 is 4.74 Å². The van der Waals surface area contributed by atoms with Crippen LogP contribution >= 0.6 is 0 Å². The van der Waals surface area contributed by atoms with Crippen LogP contribution in [0, 0.1) is 0 Å². The number of ether oxygens (including phenoxy) is 1. The summed E-state index contributed by atoms with van der Waals surface area (Å²) in [5, 5.41) is 0. The monoisotopic (exact) mass is 545 g/mol. The van der Waals surface area contributed by atoms with Gasteiger partial charge in [-0.05, 0) is 23.3 Å². The van der Waals surface area contributed by atoms with E-state index in [9.17, 15) is 0 Å². The van der Waals surface area contributed by atoms with Crippen LogP contribution in [0.1, 0.15) is 11.1 Å². The van der Waals surface area contributed by atoms with Gasteiger partial charge in [0, 0.05) is 12.1 Å². The lowest BCUT2D eigenvalue weighted by Gasteiger charge is -2.44. The standard InChI is InChI=1S/C24H20B.C15H16NO/c1-5-13-21(14-6-1)25(22-15-7-2-8-16-22,23-17-9-3-10-18-23)24-19-11-4-12-20-24;1-16-10-8-13(9-11-16)6-7-14-4-3-5-15(12-14)17-2/h1-20H;3-12H,1-2H3/q-1;+1/b;7-6+. The van der Waals surface area contributed by atoms with E-state index in [1.165, 1.54) is 27.4 Å². The Morgan fingerprint density at radius 2 is 0.881 bits per heavy atom. The van der Waals surface area contributed by atoms with Gasteiger partial charge in [-0.15, -0.1) is 0 Å². The van der Waals surface area contributed by atoms with Crippen molar-refractivity contribution in [3.63, 3.8) is 0 Å². The fourth-order valence-electron chi connectivity index (χ4n) is 5.68. The number of hydrogen-bond donors (Lipinski definition) is 0. The minimum absolute atomic E-state index is 0.881. The van der Waals surface area contributed by atoms with Gasteiger partial charge in [0.15, 0.2) is 12.4 Å². The summed E-state index contributed by atoms with van der Waals surface area (Å²) in [6.07, 6.45) is 7.02. The normalized spacial score (nSPS) is 11.0. The van der Waals surface area contributed by atoms with Crippen LogP contribution in [0.25, 0.3) is 12.2 Å². The van der Waals surface area contributed by atoms with E-state index in [4.69, 9.17) is 4.74 Å². The fourth-order valence-corrected chi connectivity index (χ4v) is 5.68. The van der Waals surface area contributed by atoms with Gasteiger partial charge in [0.25, 0.3) is 0 Å². The van der Waals surface area contributed by atoms with Crippen molar-refractivity contribution in [1.82, 2.24) is 0 Å². The molecule has 0 aliphatic rings. The molecule has 0 bridgehead atoms. The summed E-state index contributed by atoms with van der Waals surface area (Å²) in [4.78, 5) is 0. The molecule has 6 aromatic rings. The summed E-state index contributed by atoms with van der Waals surface area (Å²) in [6.45, 7) is 0. The third-order valence-electron chi connectivity index (χ3n) is 7.76. The molecule has 3 heteroatoms. The fraction of sp³-hybridized carbons (Fsp3) is 0.0513. The Hall–Kier alpha value is -5.15. The van der Waals surface area contributed by atoms with Crippen LogP contribution in [-0.2, 0) is 7.05 Å². The highest BCUT2D eigenvalue weighted by Gasteiger charge is 2.31. The lowest BCUT2D eigenvalue weighted by molar-refractivity contribution is -0.671. The second-order valence-electron chi connectivity index (χ2n) is 10.4. The van der Waals surface area contributed by atoms with Gasteiger partial charge in [-0.3, -0.25) is 0 Å². The molecule has 0 amide bonds. The van der Waals surface area contributed by atoms with Gasteiger partial charge in [0.1, 0.15) is 18.9 Å². The number of rotatable bonds is 7. The molecule has 206 valence electrons. The van der Waals surface area contributed by atoms with Crippen molar-refractivity contribution >= 4 is 40.1 Å². The van der Waals surface area contributed by atoms with Crippen molar-refractivity contribution in [1.29, 1.82) is 0 Å². The summed E-state index contributed by atoms with van der Waals surface area (Å²) < 4.78 is 7.20. The van der Waals surface area contributed by atoms with E-state index in [0.717, 1.165) is 11.3 Å². The van der Waals surface area contributed by atoms with Crippen molar-refractivity contribution in [3.05, 3.63) is 181 Å². The zero-order valence-corrected chi connectivity index (χ0v) is 24.3. The third kappa shape index (κ3) is 6.59. The van der Waals surface area contributed by atoms with Crippen LogP contribution in [-0.4, -0.2) is 13.3 Å². The molecule has 0 spiro atoms. The summed E-state index contributed by atoms with van der Waals surface area (Å²) in [6, 6.07) is 55.7. The lowest BCUT2D eigenvalue weighted by Crippen LogP contribution is -2.74. The zero-order chi connectivity index (χ0) is 29.0.